The van der Waals surface area contributed by atoms with E-state index in [1.165, 1.54) is 0 Å². The van der Waals surface area contributed by atoms with Crippen molar-refractivity contribution in [2.24, 2.45) is 0 Å². The van der Waals surface area contributed by atoms with Gasteiger partial charge in [0, 0.05) is 6.42 Å². The Hall–Kier alpha value is -1.42. The number of fused-ring (bicyclic) bond motifs is 1. The fourth-order valence-electron chi connectivity index (χ4n) is 2.41. The fourth-order valence-corrected chi connectivity index (χ4v) is 3.12. The summed E-state index contributed by atoms with van der Waals surface area (Å²) in [7, 11) is 0. The first-order valence-corrected chi connectivity index (χ1v) is 7.69. The Morgan fingerprint density at radius 3 is 3.00 bits per heavy atom. The van der Waals surface area contributed by atoms with Crippen LogP contribution in [0.5, 0.6) is 0 Å². The van der Waals surface area contributed by atoms with Crippen molar-refractivity contribution >= 4 is 28.9 Å². The van der Waals surface area contributed by atoms with Gasteiger partial charge in [0.1, 0.15) is 22.9 Å². The fraction of sp³-hybridized carbons (Fsp3) is 0.583. The Labute approximate surface area is 125 Å². The highest BCUT2D eigenvalue weighted by molar-refractivity contribution is 7.99. The predicted octanol–water partition coefficient (Wildman–Crippen LogP) is 0.161. The van der Waals surface area contributed by atoms with Crippen molar-refractivity contribution in [3.63, 3.8) is 0 Å². The monoisotopic (exact) mass is 311 g/mol. The largest absolute Gasteiger partial charge is 0.394 e. The number of anilines is 1. The number of hydrogen-bond donors (Lipinski definition) is 3. The van der Waals surface area contributed by atoms with Crippen molar-refractivity contribution < 1.29 is 14.9 Å². The van der Waals surface area contributed by atoms with Gasteiger partial charge in [-0.2, -0.15) is 4.98 Å². The highest BCUT2D eigenvalue weighted by Crippen LogP contribution is 2.32. The maximum absolute atomic E-state index is 9.84. The van der Waals surface area contributed by atoms with E-state index in [9.17, 15) is 5.11 Å². The summed E-state index contributed by atoms with van der Waals surface area (Å²) >= 11 is 1.54. The summed E-state index contributed by atoms with van der Waals surface area (Å²) in [6.45, 7) is 1.80. The maximum atomic E-state index is 9.84. The van der Waals surface area contributed by atoms with Crippen molar-refractivity contribution in [2.75, 3.05) is 18.1 Å². The molecule has 9 heteroatoms. The van der Waals surface area contributed by atoms with Gasteiger partial charge in [0.2, 0.25) is 5.95 Å². The van der Waals surface area contributed by atoms with Crippen LogP contribution in [-0.4, -0.2) is 54.3 Å². The Bertz CT molecular complexity index is 649. The summed E-state index contributed by atoms with van der Waals surface area (Å²) < 4.78 is 7.36. The maximum Gasteiger partial charge on any atom is 0.223 e. The number of imidazole rings is 1. The second-order valence-corrected chi connectivity index (χ2v) is 6.01. The van der Waals surface area contributed by atoms with Crippen molar-refractivity contribution in [3.8, 4) is 0 Å². The second kappa shape index (κ2) is 5.76. The van der Waals surface area contributed by atoms with Gasteiger partial charge >= 0.3 is 0 Å². The van der Waals surface area contributed by atoms with E-state index in [1.807, 2.05) is 6.92 Å². The summed E-state index contributed by atoms with van der Waals surface area (Å²) in [6, 6.07) is 0. The zero-order valence-corrected chi connectivity index (χ0v) is 12.3. The minimum atomic E-state index is -0.707. The van der Waals surface area contributed by atoms with Crippen LogP contribution in [0.1, 0.15) is 19.6 Å². The second-order valence-electron chi connectivity index (χ2n) is 4.76. The number of nitrogens with two attached hydrogens (primary N) is 1. The summed E-state index contributed by atoms with van der Waals surface area (Å²) in [5, 5.41) is 19.7. The molecule has 0 bridgehead atoms. The Kier molecular flexibility index (Phi) is 3.98. The lowest BCUT2D eigenvalue weighted by atomic mass is 10.2. The lowest BCUT2D eigenvalue weighted by molar-refractivity contribution is -0.0432. The van der Waals surface area contributed by atoms with E-state index in [0.717, 1.165) is 10.8 Å². The first-order chi connectivity index (χ1) is 10.1. The van der Waals surface area contributed by atoms with Crippen molar-refractivity contribution in [2.45, 2.75) is 36.8 Å². The normalized spacial score (nSPS) is 25.8. The minimum absolute atomic E-state index is 0.178. The first-order valence-electron chi connectivity index (χ1n) is 6.71. The molecule has 1 fully saturated rings. The number of nitrogens with zero attached hydrogens (tertiary/aromatic N) is 4. The minimum Gasteiger partial charge on any atom is -0.394 e. The number of aromatic nitrogens is 4. The molecule has 3 heterocycles. The van der Waals surface area contributed by atoms with E-state index in [4.69, 9.17) is 15.6 Å². The molecule has 0 aromatic carbocycles. The standard InChI is InChI=1S/C12H17N5O3S/c1-2-21-11-9-10(15-12(13)16-11)17(5-14-9)8-3-6(19)7(4-18)20-8/h5-8,18-19H,2-4H2,1H3,(H2,13,15,16)/t6-,7+,8+/m0/s1. The zero-order valence-electron chi connectivity index (χ0n) is 11.5. The van der Waals surface area contributed by atoms with Crippen LogP contribution in [0.3, 0.4) is 0 Å². The first kappa shape index (κ1) is 14.5. The molecule has 0 aliphatic carbocycles. The third kappa shape index (κ3) is 2.57. The van der Waals surface area contributed by atoms with Crippen molar-refractivity contribution in [1.29, 1.82) is 0 Å². The molecule has 3 rings (SSSR count). The molecule has 2 aromatic rings. The van der Waals surface area contributed by atoms with Crippen molar-refractivity contribution in [1.82, 2.24) is 19.5 Å². The number of thioether (sulfide) groups is 1. The molecule has 4 N–H and O–H groups in total. The summed E-state index contributed by atoms with van der Waals surface area (Å²) in [4.78, 5) is 12.8. The van der Waals surface area contributed by atoms with Crippen LogP contribution >= 0.6 is 11.8 Å². The van der Waals surface area contributed by atoms with Gasteiger partial charge < -0.3 is 20.7 Å². The van der Waals surface area contributed by atoms with Crippen LogP contribution in [0.15, 0.2) is 11.4 Å². The van der Waals surface area contributed by atoms with Crippen LogP contribution in [0.4, 0.5) is 5.95 Å². The van der Waals surface area contributed by atoms with E-state index in [-0.39, 0.29) is 12.6 Å². The molecule has 1 aliphatic rings. The number of rotatable bonds is 4. The van der Waals surface area contributed by atoms with Crippen LogP contribution < -0.4 is 5.73 Å². The molecule has 114 valence electrons. The van der Waals surface area contributed by atoms with Gasteiger partial charge in [0.15, 0.2) is 5.65 Å². The summed E-state index contributed by atoms with van der Waals surface area (Å²) in [5.41, 5.74) is 7.00. The third-order valence-electron chi connectivity index (χ3n) is 3.38. The van der Waals surface area contributed by atoms with Gasteiger partial charge in [-0.05, 0) is 5.75 Å². The molecule has 0 spiro atoms. The Morgan fingerprint density at radius 2 is 2.33 bits per heavy atom. The number of aliphatic hydroxyl groups excluding tert-OH is 2. The lowest BCUT2D eigenvalue weighted by Crippen LogP contribution is -2.24. The number of hydrogen-bond acceptors (Lipinski definition) is 8. The van der Waals surface area contributed by atoms with Crippen LogP contribution in [0.2, 0.25) is 0 Å². The highest BCUT2D eigenvalue weighted by atomic mass is 32.2. The summed E-state index contributed by atoms with van der Waals surface area (Å²) in [6.07, 6.45) is 0.264. The topological polar surface area (TPSA) is 119 Å². The van der Waals surface area contributed by atoms with E-state index in [1.54, 1.807) is 22.7 Å². The number of ether oxygens (including phenoxy) is 1. The lowest BCUT2D eigenvalue weighted by Gasteiger charge is -2.13. The molecule has 8 nitrogen and oxygen atoms in total. The molecule has 3 atom stereocenters. The van der Waals surface area contributed by atoms with E-state index >= 15 is 0 Å². The third-order valence-corrected chi connectivity index (χ3v) is 4.23. The van der Waals surface area contributed by atoms with Crippen LogP contribution in [0.25, 0.3) is 11.2 Å². The molecule has 1 saturated heterocycles. The van der Waals surface area contributed by atoms with Gasteiger partial charge in [0.05, 0.1) is 19.0 Å². The van der Waals surface area contributed by atoms with Gasteiger partial charge in [-0.15, -0.1) is 11.8 Å². The highest BCUT2D eigenvalue weighted by Gasteiger charge is 2.35. The Morgan fingerprint density at radius 1 is 1.52 bits per heavy atom. The average molecular weight is 311 g/mol. The molecule has 0 unspecified atom stereocenters. The van der Waals surface area contributed by atoms with E-state index in [2.05, 4.69) is 15.0 Å². The predicted molar refractivity (Wildman–Crippen MR) is 77.8 cm³/mol. The van der Waals surface area contributed by atoms with Gasteiger partial charge in [-0.3, -0.25) is 4.57 Å². The SMILES string of the molecule is CCSc1nc(N)nc2c1ncn2[C@H]1C[C@H](O)[C@@H](CO)O1. The van der Waals surface area contributed by atoms with Crippen LogP contribution in [0, 0.1) is 0 Å². The average Bonchev–Trinajstić information content (AvgIpc) is 3.02. The number of nitrogen functional groups attached to an aromatic ring is 1. The molecular formula is C12H17N5O3S. The molecule has 0 amide bonds. The molecular weight excluding hydrogens is 294 g/mol. The van der Waals surface area contributed by atoms with Crippen LogP contribution in [-0.2, 0) is 4.74 Å². The smallest absolute Gasteiger partial charge is 0.223 e. The molecule has 21 heavy (non-hydrogen) atoms. The molecule has 0 radical (unpaired) electrons. The number of aliphatic hydroxyl groups is 2. The molecule has 2 aromatic heterocycles. The molecule has 0 saturated carbocycles. The molecule has 1 aliphatic heterocycles. The van der Waals surface area contributed by atoms with E-state index in [0.29, 0.717) is 17.6 Å². The zero-order chi connectivity index (χ0) is 15.0. The van der Waals surface area contributed by atoms with E-state index < -0.39 is 18.4 Å². The Balaban J connectivity index is 2.01. The van der Waals surface area contributed by atoms with Crippen molar-refractivity contribution in [3.05, 3.63) is 6.33 Å². The van der Waals surface area contributed by atoms with Gasteiger partial charge in [-0.1, -0.05) is 6.92 Å². The summed E-state index contributed by atoms with van der Waals surface area (Å²) in [5.74, 6) is 1.03. The van der Waals surface area contributed by atoms with Gasteiger partial charge in [0.25, 0.3) is 0 Å². The van der Waals surface area contributed by atoms with Gasteiger partial charge in [-0.25, -0.2) is 9.97 Å². The quantitative estimate of drug-likeness (QED) is 0.539.